The molecule has 1 atom stereocenters. The zero-order valence-corrected chi connectivity index (χ0v) is 14.1. The highest BCUT2D eigenvalue weighted by Crippen LogP contribution is 2.36. The highest BCUT2D eigenvalue weighted by molar-refractivity contribution is 5.28. The Morgan fingerprint density at radius 3 is 2.19 bits per heavy atom. The maximum Gasteiger partial charge on any atom is 0.0853 e. The SMILES string of the molecule is CN(C)CC(C)(C)[C@@H](O)c1ccc(C2CCCCC2)cc1. The topological polar surface area (TPSA) is 23.5 Å². The van der Waals surface area contributed by atoms with Gasteiger partial charge in [0.25, 0.3) is 0 Å². The Kier molecular flexibility index (Phi) is 5.45. The normalized spacial score (nSPS) is 19.0. The van der Waals surface area contributed by atoms with E-state index in [1.807, 2.05) is 0 Å². The summed E-state index contributed by atoms with van der Waals surface area (Å²) in [7, 11) is 4.11. The Bertz CT molecular complexity index is 429. The summed E-state index contributed by atoms with van der Waals surface area (Å²) < 4.78 is 0. The lowest BCUT2D eigenvalue weighted by Crippen LogP contribution is -2.34. The highest BCUT2D eigenvalue weighted by atomic mass is 16.3. The van der Waals surface area contributed by atoms with Gasteiger partial charge in [-0.2, -0.15) is 0 Å². The molecular weight excluding hydrogens is 258 g/mol. The summed E-state index contributed by atoms with van der Waals surface area (Å²) in [6.07, 6.45) is 6.37. The van der Waals surface area contributed by atoms with Crippen LogP contribution in [0.15, 0.2) is 24.3 Å². The molecule has 0 saturated heterocycles. The van der Waals surface area contributed by atoms with Crippen molar-refractivity contribution in [2.24, 2.45) is 5.41 Å². The van der Waals surface area contributed by atoms with E-state index in [-0.39, 0.29) is 5.41 Å². The Balaban J connectivity index is 2.07. The average molecular weight is 289 g/mol. The maximum atomic E-state index is 10.7. The van der Waals surface area contributed by atoms with Gasteiger partial charge in [-0.3, -0.25) is 0 Å². The fraction of sp³-hybridized carbons (Fsp3) is 0.684. The molecule has 2 rings (SSSR count). The Morgan fingerprint density at radius 1 is 1.10 bits per heavy atom. The van der Waals surface area contributed by atoms with E-state index in [2.05, 4.69) is 57.1 Å². The molecule has 0 amide bonds. The van der Waals surface area contributed by atoms with Crippen molar-refractivity contribution in [2.75, 3.05) is 20.6 Å². The molecule has 0 aromatic heterocycles. The third-order valence-electron chi connectivity index (χ3n) is 4.79. The third kappa shape index (κ3) is 4.31. The third-order valence-corrected chi connectivity index (χ3v) is 4.79. The Labute approximate surface area is 130 Å². The summed E-state index contributed by atoms with van der Waals surface area (Å²) in [4.78, 5) is 2.14. The van der Waals surface area contributed by atoms with Crippen LogP contribution in [0.4, 0.5) is 0 Å². The van der Waals surface area contributed by atoms with E-state index in [1.54, 1.807) is 0 Å². The van der Waals surface area contributed by atoms with E-state index in [9.17, 15) is 5.11 Å². The van der Waals surface area contributed by atoms with Crippen LogP contribution in [0.25, 0.3) is 0 Å². The fourth-order valence-electron chi connectivity index (χ4n) is 3.74. The van der Waals surface area contributed by atoms with Crippen molar-refractivity contribution in [3.05, 3.63) is 35.4 Å². The molecule has 21 heavy (non-hydrogen) atoms. The van der Waals surface area contributed by atoms with Gasteiger partial charge in [0, 0.05) is 12.0 Å². The summed E-state index contributed by atoms with van der Waals surface area (Å²) in [5, 5.41) is 10.7. The molecule has 1 aromatic carbocycles. The molecular formula is C19H31NO. The summed E-state index contributed by atoms with van der Waals surface area (Å²) >= 11 is 0. The van der Waals surface area contributed by atoms with Gasteiger partial charge in [0.1, 0.15) is 0 Å². The largest absolute Gasteiger partial charge is 0.388 e. The van der Waals surface area contributed by atoms with E-state index in [1.165, 1.54) is 37.7 Å². The molecule has 1 aliphatic carbocycles. The maximum absolute atomic E-state index is 10.7. The predicted molar refractivity (Wildman–Crippen MR) is 89.6 cm³/mol. The van der Waals surface area contributed by atoms with Gasteiger partial charge < -0.3 is 10.0 Å². The molecule has 0 heterocycles. The average Bonchev–Trinajstić information content (AvgIpc) is 2.46. The lowest BCUT2D eigenvalue weighted by molar-refractivity contribution is 0.0307. The standard InChI is InChI=1S/C19H31NO/c1-19(2,14-20(3)4)18(21)17-12-10-16(11-13-17)15-8-6-5-7-9-15/h10-13,15,18,21H,5-9,14H2,1-4H3/t18-/m0/s1. The number of rotatable bonds is 5. The zero-order valence-electron chi connectivity index (χ0n) is 14.1. The van der Waals surface area contributed by atoms with Crippen LogP contribution in [-0.4, -0.2) is 30.6 Å². The van der Waals surface area contributed by atoms with Crippen LogP contribution < -0.4 is 0 Å². The monoisotopic (exact) mass is 289 g/mol. The van der Waals surface area contributed by atoms with Gasteiger partial charge in [-0.15, -0.1) is 0 Å². The molecule has 0 bridgehead atoms. The molecule has 0 unspecified atom stereocenters. The van der Waals surface area contributed by atoms with Gasteiger partial charge in [-0.05, 0) is 44.0 Å². The van der Waals surface area contributed by atoms with Crippen molar-refractivity contribution in [3.63, 3.8) is 0 Å². The minimum absolute atomic E-state index is 0.143. The van der Waals surface area contributed by atoms with Crippen molar-refractivity contribution in [2.45, 2.75) is 58.0 Å². The van der Waals surface area contributed by atoms with Gasteiger partial charge >= 0.3 is 0 Å². The fourth-order valence-corrected chi connectivity index (χ4v) is 3.74. The van der Waals surface area contributed by atoms with Crippen LogP contribution in [0.1, 0.15) is 69.1 Å². The van der Waals surface area contributed by atoms with Crippen molar-refractivity contribution >= 4 is 0 Å². The first-order valence-electron chi connectivity index (χ1n) is 8.33. The van der Waals surface area contributed by atoms with E-state index < -0.39 is 6.10 Å². The van der Waals surface area contributed by atoms with Crippen LogP contribution in [0.2, 0.25) is 0 Å². The lowest BCUT2D eigenvalue weighted by Gasteiger charge is -2.33. The molecule has 1 aromatic rings. The van der Waals surface area contributed by atoms with Gasteiger partial charge in [-0.1, -0.05) is 57.4 Å². The molecule has 2 nitrogen and oxygen atoms in total. The molecule has 1 aliphatic rings. The molecule has 2 heteroatoms. The second kappa shape index (κ2) is 6.93. The molecule has 0 radical (unpaired) electrons. The Hall–Kier alpha value is -0.860. The van der Waals surface area contributed by atoms with Crippen molar-refractivity contribution in [3.8, 4) is 0 Å². The first-order valence-corrected chi connectivity index (χ1v) is 8.33. The quantitative estimate of drug-likeness (QED) is 0.871. The summed E-state index contributed by atoms with van der Waals surface area (Å²) in [5.41, 5.74) is 2.35. The molecule has 0 spiro atoms. The smallest absolute Gasteiger partial charge is 0.0853 e. The van der Waals surface area contributed by atoms with Crippen molar-refractivity contribution in [1.29, 1.82) is 0 Å². The van der Waals surface area contributed by atoms with Crippen LogP contribution in [-0.2, 0) is 0 Å². The number of nitrogens with zero attached hydrogens (tertiary/aromatic N) is 1. The second-order valence-corrected chi connectivity index (χ2v) is 7.63. The lowest BCUT2D eigenvalue weighted by atomic mass is 9.80. The van der Waals surface area contributed by atoms with E-state index in [0.717, 1.165) is 18.0 Å². The molecule has 1 saturated carbocycles. The van der Waals surface area contributed by atoms with E-state index >= 15 is 0 Å². The highest BCUT2D eigenvalue weighted by Gasteiger charge is 2.29. The van der Waals surface area contributed by atoms with Gasteiger partial charge in [0.2, 0.25) is 0 Å². The minimum atomic E-state index is -0.416. The van der Waals surface area contributed by atoms with E-state index in [4.69, 9.17) is 0 Å². The van der Waals surface area contributed by atoms with Crippen LogP contribution in [0, 0.1) is 5.41 Å². The number of aliphatic hydroxyl groups excluding tert-OH is 1. The molecule has 1 N–H and O–H groups in total. The number of benzene rings is 1. The van der Waals surface area contributed by atoms with Crippen molar-refractivity contribution < 1.29 is 5.11 Å². The molecule has 1 fully saturated rings. The van der Waals surface area contributed by atoms with Crippen LogP contribution in [0.5, 0.6) is 0 Å². The summed E-state index contributed by atoms with van der Waals surface area (Å²) in [6, 6.07) is 8.73. The Morgan fingerprint density at radius 2 is 1.67 bits per heavy atom. The van der Waals surface area contributed by atoms with Crippen LogP contribution in [0.3, 0.4) is 0 Å². The zero-order chi connectivity index (χ0) is 15.5. The van der Waals surface area contributed by atoms with Crippen molar-refractivity contribution in [1.82, 2.24) is 4.90 Å². The van der Waals surface area contributed by atoms with Crippen LogP contribution >= 0.6 is 0 Å². The first-order chi connectivity index (χ1) is 9.90. The van der Waals surface area contributed by atoms with Gasteiger partial charge in [-0.25, -0.2) is 0 Å². The summed E-state index contributed by atoms with van der Waals surface area (Å²) in [5.74, 6) is 0.736. The minimum Gasteiger partial charge on any atom is -0.388 e. The van der Waals surface area contributed by atoms with Gasteiger partial charge in [0.15, 0.2) is 0 Å². The van der Waals surface area contributed by atoms with E-state index in [0.29, 0.717) is 0 Å². The van der Waals surface area contributed by atoms with Gasteiger partial charge in [0.05, 0.1) is 6.10 Å². The number of aliphatic hydroxyl groups is 1. The second-order valence-electron chi connectivity index (χ2n) is 7.63. The molecule has 0 aliphatic heterocycles. The number of hydrogen-bond donors (Lipinski definition) is 1. The summed E-state index contributed by atoms with van der Waals surface area (Å²) in [6.45, 7) is 5.14. The predicted octanol–water partition coefficient (Wildman–Crippen LogP) is 4.36. The molecule has 118 valence electrons. The number of hydrogen-bond acceptors (Lipinski definition) is 2. The first kappa shape index (κ1) is 16.5.